The van der Waals surface area contributed by atoms with Crippen LogP contribution in [-0.2, 0) is 14.8 Å². The second kappa shape index (κ2) is 6.44. The minimum atomic E-state index is -3.42. The second-order valence-corrected chi connectivity index (χ2v) is 7.21. The molecule has 6 nitrogen and oxygen atoms in total. The van der Waals surface area contributed by atoms with Crippen LogP contribution < -0.4 is 15.4 Å². The number of anilines is 1. The summed E-state index contributed by atoms with van der Waals surface area (Å²) in [4.78, 5) is 11.7. The van der Waals surface area contributed by atoms with Gasteiger partial charge < -0.3 is 10.6 Å². The van der Waals surface area contributed by atoms with Crippen molar-refractivity contribution in [2.45, 2.75) is 43.7 Å². The Morgan fingerprint density at radius 2 is 1.86 bits per heavy atom. The summed E-state index contributed by atoms with van der Waals surface area (Å²) in [5.74, 6) is -0.0999. The topological polar surface area (TPSA) is 87.3 Å². The highest BCUT2D eigenvalue weighted by Crippen LogP contribution is 2.22. The van der Waals surface area contributed by atoms with Crippen molar-refractivity contribution in [2.75, 3.05) is 11.9 Å². The van der Waals surface area contributed by atoms with Gasteiger partial charge >= 0.3 is 0 Å². The van der Waals surface area contributed by atoms with Crippen LogP contribution >= 0.6 is 0 Å². The molecule has 1 fully saturated rings. The fourth-order valence-electron chi connectivity index (χ4n) is 1.80. The third kappa shape index (κ3) is 5.02. The van der Waals surface area contributed by atoms with E-state index in [4.69, 9.17) is 0 Å². The first-order chi connectivity index (χ1) is 9.87. The van der Waals surface area contributed by atoms with Gasteiger partial charge in [-0.15, -0.1) is 0 Å². The molecule has 0 heterocycles. The van der Waals surface area contributed by atoms with Crippen LogP contribution in [0.4, 0.5) is 5.69 Å². The smallest absolute Gasteiger partial charge is 0.240 e. The normalized spacial score (nSPS) is 15.0. The summed E-state index contributed by atoms with van der Waals surface area (Å²) >= 11 is 0. The van der Waals surface area contributed by atoms with Crippen molar-refractivity contribution in [1.29, 1.82) is 0 Å². The standard InChI is InChI=1S/C14H21N3O3S/c1-10(2)16-14(18)9-15-11-5-7-13(8-6-11)21(19,20)17-12-3-4-12/h5-8,10,12,15,17H,3-4,9H2,1-2H3,(H,16,18). The number of carbonyl (C=O) groups excluding carboxylic acids is 1. The van der Waals surface area contributed by atoms with E-state index in [1.54, 1.807) is 12.1 Å². The maximum Gasteiger partial charge on any atom is 0.240 e. The highest BCUT2D eigenvalue weighted by atomic mass is 32.2. The fourth-order valence-corrected chi connectivity index (χ4v) is 3.10. The van der Waals surface area contributed by atoms with Gasteiger partial charge in [-0.25, -0.2) is 13.1 Å². The highest BCUT2D eigenvalue weighted by molar-refractivity contribution is 7.89. The average Bonchev–Trinajstić information content (AvgIpc) is 3.19. The molecule has 1 aromatic carbocycles. The van der Waals surface area contributed by atoms with E-state index in [1.165, 1.54) is 12.1 Å². The van der Waals surface area contributed by atoms with Crippen LogP contribution in [0.3, 0.4) is 0 Å². The van der Waals surface area contributed by atoms with Gasteiger partial charge in [0.25, 0.3) is 0 Å². The molecule has 0 bridgehead atoms. The van der Waals surface area contributed by atoms with Crippen LogP contribution in [0.1, 0.15) is 26.7 Å². The number of nitrogens with one attached hydrogen (secondary N) is 3. The van der Waals surface area contributed by atoms with Crippen LogP contribution in [0.25, 0.3) is 0 Å². The Labute approximate surface area is 125 Å². The zero-order valence-corrected chi connectivity index (χ0v) is 13.0. The van der Waals surface area contributed by atoms with Crippen molar-refractivity contribution >= 4 is 21.6 Å². The number of rotatable bonds is 7. The average molecular weight is 311 g/mol. The van der Waals surface area contributed by atoms with Gasteiger partial charge in [0, 0.05) is 17.8 Å². The summed E-state index contributed by atoms with van der Waals surface area (Å²) in [6.45, 7) is 3.94. The number of carbonyl (C=O) groups is 1. The van der Waals surface area contributed by atoms with Gasteiger partial charge in [0.15, 0.2) is 0 Å². The van der Waals surface area contributed by atoms with Crippen molar-refractivity contribution in [3.63, 3.8) is 0 Å². The maximum atomic E-state index is 12.0. The van der Waals surface area contributed by atoms with Crippen LogP contribution in [0.15, 0.2) is 29.2 Å². The molecular weight excluding hydrogens is 290 g/mol. The van der Waals surface area contributed by atoms with Crippen molar-refractivity contribution in [3.8, 4) is 0 Å². The van der Waals surface area contributed by atoms with E-state index in [9.17, 15) is 13.2 Å². The third-order valence-electron chi connectivity index (χ3n) is 2.97. The molecule has 116 valence electrons. The molecule has 0 atom stereocenters. The summed E-state index contributed by atoms with van der Waals surface area (Å²) in [6.07, 6.45) is 1.81. The number of sulfonamides is 1. The first-order valence-corrected chi connectivity index (χ1v) is 8.51. The Hall–Kier alpha value is -1.60. The molecule has 7 heteroatoms. The second-order valence-electron chi connectivity index (χ2n) is 5.50. The van der Waals surface area contributed by atoms with Gasteiger partial charge in [0.1, 0.15) is 0 Å². The van der Waals surface area contributed by atoms with Crippen molar-refractivity contribution < 1.29 is 13.2 Å². The SMILES string of the molecule is CC(C)NC(=O)CNc1ccc(S(=O)(=O)NC2CC2)cc1. The fraction of sp³-hybridized carbons (Fsp3) is 0.500. The Kier molecular flexibility index (Phi) is 4.84. The van der Waals surface area contributed by atoms with E-state index in [0.29, 0.717) is 5.69 Å². The molecule has 21 heavy (non-hydrogen) atoms. The Balaban J connectivity index is 1.91. The molecule has 0 unspecified atom stereocenters. The lowest BCUT2D eigenvalue weighted by Gasteiger charge is -2.11. The summed E-state index contributed by atoms with van der Waals surface area (Å²) in [5.41, 5.74) is 0.708. The summed E-state index contributed by atoms with van der Waals surface area (Å²) in [5, 5.41) is 5.72. The Morgan fingerprint density at radius 3 is 2.38 bits per heavy atom. The van der Waals surface area contributed by atoms with Gasteiger partial charge in [0.05, 0.1) is 11.4 Å². The highest BCUT2D eigenvalue weighted by Gasteiger charge is 2.27. The van der Waals surface area contributed by atoms with Gasteiger partial charge in [-0.2, -0.15) is 0 Å². The van der Waals surface area contributed by atoms with Gasteiger partial charge in [-0.1, -0.05) is 0 Å². The first-order valence-electron chi connectivity index (χ1n) is 7.02. The van der Waals surface area contributed by atoms with Crippen LogP contribution in [0.5, 0.6) is 0 Å². The van der Waals surface area contributed by atoms with Gasteiger partial charge in [-0.05, 0) is 51.0 Å². The predicted octanol–water partition coefficient (Wildman–Crippen LogP) is 1.06. The van der Waals surface area contributed by atoms with Crippen LogP contribution in [0, 0.1) is 0 Å². The first kappa shape index (κ1) is 15.8. The van der Waals surface area contributed by atoms with Crippen molar-refractivity contribution in [1.82, 2.24) is 10.0 Å². The molecule has 0 aromatic heterocycles. The van der Waals surface area contributed by atoms with Crippen molar-refractivity contribution in [3.05, 3.63) is 24.3 Å². The summed E-state index contributed by atoms with van der Waals surface area (Å²) < 4.78 is 26.6. The predicted molar refractivity (Wildman–Crippen MR) is 81.6 cm³/mol. The molecule has 0 aliphatic heterocycles. The molecule has 1 aliphatic rings. The summed E-state index contributed by atoms with van der Waals surface area (Å²) in [6, 6.07) is 6.57. The monoisotopic (exact) mass is 311 g/mol. The molecule has 0 radical (unpaired) electrons. The number of benzene rings is 1. The van der Waals surface area contributed by atoms with Gasteiger partial charge in [0.2, 0.25) is 15.9 Å². The van der Waals surface area contributed by atoms with E-state index in [1.807, 2.05) is 13.8 Å². The molecule has 1 amide bonds. The lowest BCUT2D eigenvalue weighted by atomic mass is 10.3. The molecule has 3 N–H and O–H groups in total. The number of hydrogen-bond donors (Lipinski definition) is 3. The number of hydrogen-bond acceptors (Lipinski definition) is 4. The van der Waals surface area contributed by atoms with Crippen molar-refractivity contribution in [2.24, 2.45) is 0 Å². The van der Waals surface area contributed by atoms with E-state index >= 15 is 0 Å². The quantitative estimate of drug-likeness (QED) is 0.703. The minimum Gasteiger partial charge on any atom is -0.376 e. The van der Waals surface area contributed by atoms with E-state index in [2.05, 4.69) is 15.4 Å². The van der Waals surface area contributed by atoms with Crippen LogP contribution in [-0.4, -0.2) is 33.0 Å². The Bertz CT molecular complexity index is 592. The molecule has 0 spiro atoms. The zero-order chi connectivity index (χ0) is 15.5. The Morgan fingerprint density at radius 1 is 1.24 bits per heavy atom. The number of amides is 1. The molecular formula is C14H21N3O3S. The lowest BCUT2D eigenvalue weighted by Crippen LogP contribution is -2.34. The van der Waals surface area contributed by atoms with E-state index in [0.717, 1.165) is 12.8 Å². The zero-order valence-electron chi connectivity index (χ0n) is 12.2. The lowest BCUT2D eigenvalue weighted by molar-refractivity contribution is -0.119. The maximum absolute atomic E-state index is 12.0. The molecule has 0 saturated heterocycles. The van der Waals surface area contributed by atoms with E-state index < -0.39 is 10.0 Å². The molecule has 2 rings (SSSR count). The third-order valence-corrected chi connectivity index (χ3v) is 4.50. The largest absolute Gasteiger partial charge is 0.376 e. The van der Waals surface area contributed by atoms with E-state index in [-0.39, 0.29) is 29.4 Å². The molecule has 1 saturated carbocycles. The van der Waals surface area contributed by atoms with Crippen LogP contribution in [0.2, 0.25) is 0 Å². The minimum absolute atomic E-state index is 0.0903. The summed E-state index contributed by atoms with van der Waals surface area (Å²) in [7, 11) is -3.42. The molecule has 1 aromatic rings. The molecule has 1 aliphatic carbocycles. The van der Waals surface area contributed by atoms with Gasteiger partial charge in [-0.3, -0.25) is 4.79 Å².